The number of benzene rings is 1. The SMILES string of the molecule is COC(=O)Oc1cccc2c1c(C(=O)c1cc(Cl)ncn1)cn2C. The van der Waals surface area contributed by atoms with Gasteiger partial charge >= 0.3 is 6.16 Å². The minimum Gasteiger partial charge on any atom is -0.437 e. The highest BCUT2D eigenvalue weighted by molar-refractivity contribution is 6.30. The number of nitrogens with zero attached hydrogens (tertiary/aromatic N) is 3. The first-order valence-electron chi connectivity index (χ1n) is 6.87. The van der Waals surface area contributed by atoms with Crippen LogP contribution in [-0.4, -0.2) is 33.6 Å². The Morgan fingerprint density at radius 3 is 2.75 bits per heavy atom. The molecule has 3 aromatic rings. The molecule has 1 aromatic carbocycles. The van der Waals surface area contributed by atoms with Crippen LogP contribution in [0.3, 0.4) is 0 Å². The highest BCUT2D eigenvalue weighted by Crippen LogP contribution is 2.32. The van der Waals surface area contributed by atoms with E-state index in [-0.39, 0.29) is 22.4 Å². The monoisotopic (exact) mass is 345 g/mol. The summed E-state index contributed by atoms with van der Waals surface area (Å²) >= 11 is 5.82. The van der Waals surface area contributed by atoms with E-state index < -0.39 is 6.16 Å². The predicted molar refractivity (Wildman–Crippen MR) is 86.4 cm³/mol. The molecule has 0 saturated carbocycles. The quantitative estimate of drug-likeness (QED) is 0.314. The van der Waals surface area contributed by atoms with Crippen LogP contribution in [0, 0.1) is 0 Å². The summed E-state index contributed by atoms with van der Waals surface area (Å²) < 4.78 is 11.4. The molecule has 3 rings (SSSR count). The van der Waals surface area contributed by atoms with Crippen molar-refractivity contribution in [1.29, 1.82) is 0 Å². The maximum Gasteiger partial charge on any atom is 0.513 e. The lowest BCUT2D eigenvalue weighted by molar-refractivity contribution is 0.103. The summed E-state index contributed by atoms with van der Waals surface area (Å²) in [6.07, 6.45) is 1.99. The van der Waals surface area contributed by atoms with Gasteiger partial charge in [0, 0.05) is 19.3 Å². The number of carbonyl (C=O) groups is 2. The number of carbonyl (C=O) groups excluding carboxylic acids is 2. The van der Waals surface area contributed by atoms with Crippen molar-refractivity contribution in [3.05, 3.63) is 53.2 Å². The van der Waals surface area contributed by atoms with Crippen molar-refractivity contribution in [2.75, 3.05) is 7.11 Å². The summed E-state index contributed by atoms with van der Waals surface area (Å²) in [6, 6.07) is 6.50. The molecule has 0 unspecified atom stereocenters. The number of aromatic nitrogens is 3. The lowest BCUT2D eigenvalue weighted by atomic mass is 10.1. The van der Waals surface area contributed by atoms with Crippen molar-refractivity contribution in [3.8, 4) is 5.75 Å². The van der Waals surface area contributed by atoms with Gasteiger partial charge in [-0.2, -0.15) is 0 Å². The fraction of sp³-hybridized carbons (Fsp3) is 0.125. The Morgan fingerprint density at radius 2 is 2.04 bits per heavy atom. The first kappa shape index (κ1) is 15.9. The molecule has 0 saturated heterocycles. The maximum atomic E-state index is 12.8. The Kier molecular flexibility index (Phi) is 4.18. The zero-order valence-electron chi connectivity index (χ0n) is 12.8. The smallest absolute Gasteiger partial charge is 0.437 e. The van der Waals surface area contributed by atoms with E-state index >= 15 is 0 Å². The van der Waals surface area contributed by atoms with Crippen molar-refractivity contribution in [1.82, 2.24) is 14.5 Å². The van der Waals surface area contributed by atoms with E-state index in [9.17, 15) is 9.59 Å². The van der Waals surface area contributed by atoms with Crippen LogP contribution < -0.4 is 4.74 Å². The molecule has 0 fully saturated rings. The van der Waals surface area contributed by atoms with E-state index in [2.05, 4.69) is 14.7 Å². The zero-order chi connectivity index (χ0) is 17.3. The molecule has 0 aliphatic carbocycles. The van der Waals surface area contributed by atoms with Crippen LogP contribution >= 0.6 is 11.6 Å². The third kappa shape index (κ3) is 2.81. The number of hydrogen-bond acceptors (Lipinski definition) is 6. The molecule has 2 heterocycles. The largest absolute Gasteiger partial charge is 0.513 e. The number of rotatable bonds is 3. The molecule has 7 nitrogen and oxygen atoms in total. The number of aryl methyl sites for hydroxylation is 1. The van der Waals surface area contributed by atoms with Crippen LogP contribution in [0.4, 0.5) is 4.79 Å². The van der Waals surface area contributed by atoms with E-state index in [0.29, 0.717) is 10.9 Å². The molecule has 8 heteroatoms. The molecule has 2 aromatic heterocycles. The van der Waals surface area contributed by atoms with Gasteiger partial charge in [0.05, 0.1) is 23.6 Å². The number of hydrogen-bond donors (Lipinski definition) is 0. The molecule has 0 aliphatic heterocycles. The minimum atomic E-state index is -0.866. The average Bonchev–Trinajstić information content (AvgIpc) is 2.92. The van der Waals surface area contributed by atoms with Crippen molar-refractivity contribution in [3.63, 3.8) is 0 Å². The summed E-state index contributed by atoms with van der Waals surface area (Å²) in [5.41, 5.74) is 1.21. The third-order valence-corrected chi connectivity index (χ3v) is 3.65. The van der Waals surface area contributed by atoms with E-state index in [4.69, 9.17) is 16.3 Å². The van der Waals surface area contributed by atoms with Gasteiger partial charge in [0.1, 0.15) is 22.9 Å². The van der Waals surface area contributed by atoms with Crippen LogP contribution in [0.1, 0.15) is 16.1 Å². The predicted octanol–water partition coefficient (Wildman–Crippen LogP) is 3.00. The molecule has 0 N–H and O–H groups in total. The summed E-state index contributed by atoms with van der Waals surface area (Å²) in [4.78, 5) is 32.0. The first-order chi connectivity index (χ1) is 11.5. The van der Waals surface area contributed by atoms with Gasteiger partial charge in [0.15, 0.2) is 0 Å². The molecule has 0 aliphatic rings. The lowest BCUT2D eigenvalue weighted by Gasteiger charge is -2.06. The van der Waals surface area contributed by atoms with Crippen LogP contribution in [0.2, 0.25) is 5.15 Å². The maximum absolute atomic E-state index is 12.8. The van der Waals surface area contributed by atoms with Gasteiger partial charge in [-0.25, -0.2) is 14.8 Å². The Morgan fingerprint density at radius 1 is 1.25 bits per heavy atom. The number of halogens is 1. The van der Waals surface area contributed by atoms with Gasteiger partial charge in [-0.05, 0) is 12.1 Å². The normalized spacial score (nSPS) is 10.6. The lowest BCUT2D eigenvalue weighted by Crippen LogP contribution is -2.09. The minimum absolute atomic E-state index is 0.148. The Bertz CT molecular complexity index is 952. The Hall–Kier alpha value is -2.93. The van der Waals surface area contributed by atoms with Gasteiger partial charge in [0.25, 0.3) is 0 Å². The zero-order valence-corrected chi connectivity index (χ0v) is 13.6. The summed E-state index contributed by atoms with van der Waals surface area (Å²) in [5, 5.41) is 0.657. The van der Waals surface area contributed by atoms with Gasteiger partial charge in [-0.15, -0.1) is 0 Å². The Labute approximate surface area is 141 Å². The van der Waals surface area contributed by atoms with E-state index in [1.54, 1.807) is 29.9 Å². The second kappa shape index (κ2) is 6.29. The second-order valence-electron chi connectivity index (χ2n) is 4.92. The molecular weight excluding hydrogens is 334 g/mol. The second-order valence-corrected chi connectivity index (χ2v) is 5.30. The van der Waals surface area contributed by atoms with E-state index in [1.165, 1.54) is 19.5 Å². The standard InChI is InChI=1S/C16H12ClN3O4/c1-20-7-9(15(21)10-6-13(17)19-8-18-10)14-11(20)4-3-5-12(14)24-16(22)23-2/h3-8H,1-2H3. The number of methoxy groups -OCH3 is 1. The molecule has 0 radical (unpaired) electrons. The van der Waals surface area contributed by atoms with Gasteiger partial charge in [0.2, 0.25) is 5.78 Å². The van der Waals surface area contributed by atoms with E-state index in [0.717, 1.165) is 5.52 Å². The van der Waals surface area contributed by atoms with Crippen molar-refractivity contribution >= 4 is 34.4 Å². The first-order valence-corrected chi connectivity index (χ1v) is 7.25. The molecule has 0 bridgehead atoms. The summed E-state index contributed by atoms with van der Waals surface area (Å²) in [5.74, 6) is -0.130. The number of ether oxygens (including phenoxy) is 2. The molecular formula is C16H12ClN3O4. The third-order valence-electron chi connectivity index (χ3n) is 3.45. The highest BCUT2D eigenvalue weighted by Gasteiger charge is 2.21. The fourth-order valence-electron chi connectivity index (χ4n) is 2.40. The molecule has 0 amide bonds. The summed E-state index contributed by atoms with van der Waals surface area (Å²) in [7, 11) is 3.00. The van der Waals surface area contributed by atoms with Crippen LogP contribution in [-0.2, 0) is 11.8 Å². The topological polar surface area (TPSA) is 83.3 Å². The van der Waals surface area contributed by atoms with E-state index in [1.807, 2.05) is 6.07 Å². The van der Waals surface area contributed by atoms with Gasteiger partial charge in [-0.3, -0.25) is 4.79 Å². The number of ketones is 1. The Balaban J connectivity index is 2.17. The van der Waals surface area contributed by atoms with Gasteiger partial charge < -0.3 is 14.0 Å². The van der Waals surface area contributed by atoms with Gasteiger partial charge in [-0.1, -0.05) is 17.7 Å². The molecule has 0 spiro atoms. The molecule has 24 heavy (non-hydrogen) atoms. The highest BCUT2D eigenvalue weighted by atomic mass is 35.5. The molecule has 0 atom stereocenters. The molecule has 122 valence electrons. The fourth-order valence-corrected chi connectivity index (χ4v) is 2.54. The van der Waals surface area contributed by atoms with Crippen LogP contribution in [0.15, 0.2) is 36.8 Å². The van der Waals surface area contributed by atoms with Crippen molar-refractivity contribution in [2.45, 2.75) is 0 Å². The van der Waals surface area contributed by atoms with Crippen LogP contribution in [0.5, 0.6) is 5.75 Å². The van der Waals surface area contributed by atoms with Crippen molar-refractivity contribution < 1.29 is 19.1 Å². The number of fused-ring (bicyclic) bond motifs is 1. The summed E-state index contributed by atoms with van der Waals surface area (Å²) in [6.45, 7) is 0. The average molecular weight is 346 g/mol. The van der Waals surface area contributed by atoms with Crippen molar-refractivity contribution in [2.24, 2.45) is 7.05 Å². The van der Waals surface area contributed by atoms with Crippen LogP contribution in [0.25, 0.3) is 10.9 Å².